The number of nitrogens with one attached hydrogen (secondary N) is 1. The van der Waals surface area contributed by atoms with Crippen LogP contribution in [0, 0.1) is 23.2 Å². The molecule has 0 spiro atoms. The predicted molar refractivity (Wildman–Crippen MR) is 66.4 cm³/mol. The van der Waals surface area contributed by atoms with E-state index in [1.54, 1.807) is 0 Å². The highest BCUT2D eigenvalue weighted by molar-refractivity contribution is 5.77. The number of hydrogen-bond donors (Lipinski definition) is 1. The van der Waals surface area contributed by atoms with Crippen molar-refractivity contribution in [1.29, 1.82) is 5.26 Å². The molecular weight excluding hydrogens is 250 g/mol. The largest absolute Gasteiger partial charge is 0.338 e. The van der Waals surface area contributed by atoms with Gasteiger partial charge in [-0.05, 0) is 31.1 Å². The summed E-state index contributed by atoms with van der Waals surface area (Å²) in [6, 6.07) is 2.16. The second-order valence-corrected chi connectivity index (χ2v) is 6.04. The number of halogens is 2. The number of nitrogens with zero attached hydrogens (tertiary/aromatic N) is 1. The third-order valence-electron chi connectivity index (χ3n) is 4.36. The number of unbranched alkanes of at least 4 members (excludes halogenated alkanes) is 1. The van der Waals surface area contributed by atoms with Gasteiger partial charge in [0.25, 0.3) is 0 Å². The minimum Gasteiger partial charge on any atom is -0.338 e. The van der Waals surface area contributed by atoms with Crippen molar-refractivity contribution in [2.24, 2.45) is 11.8 Å². The molecule has 0 aromatic heterocycles. The first kappa shape index (κ1) is 14.2. The van der Waals surface area contributed by atoms with Gasteiger partial charge in [0.2, 0.25) is 11.8 Å². The molecule has 0 aromatic carbocycles. The first-order chi connectivity index (χ1) is 8.90. The molecule has 0 radical (unpaired) electrons. The van der Waals surface area contributed by atoms with Gasteiger partial charge in [-0.3, -0.25) is 4.79 Å². The lowest BCUT2D eigenvalue weighted by Gasteiger charge is -2.24. The first-order valence-electron chi connectivity index (χ1n) is 7.00. The standard InChI is InChI=1S/C14H20F2N2O/c1-2-3-4-12(19)18-13(9-17)5-10-7-14(15,16)8-11(10)6-13/h10-11H,2-8H2,1H3,(H,18,19). The molecule has 5 heteroatoms. The van der Waals surface area contributed by atoms with Gasteiger partial charge in [0.05, 0.1) is 6.07 Å². The van der Waals surface area contributed by atoms with E-state index in [4.69, 9.17) is 0 Å². The fraction of sp³-hybridized carbons (Fsp3) is 0.857. The monoisotopic (exact) mass is 270 g/mol. The Kier molecular flexibility index (Phi) is 3.80. The zero-order chi connectivity index (χ0) is 14.1. The van der Waals surface area contributed by atoms with Gasteiger partial charge >= 0.3 is 0 Å². The topological polar surface area (TPSA) is 52.9 Å². The van der Waals surface area contributed by atoms with Crippen LogP contribution < -0.4 is 5.32 Å². The number of carbonyl (C=O) groups is 1. The molecule has 2 atom stereocenters. The van der Waals surface area contributed by atoms with Crippen molar-refractivity contribution in [2.75, 3.05) is 0 Å². The highest BCUT2D eigenvalue weighted by Gasteiger charge is 2.56. The van der Waals surface area contributed by atoms with E-state index in [1.807, 2.05) is 6.92 Å². The van der Waals surface area contributed by atoms with Crippen LogP contribution in [0.1, 0.15) is 51.9 Å². The van der Waals surface area contributed by atoms with Crippen LogP contribution in [-0.2, 0) is 4.79 Å². The second kappa shape index (κ2) is 5.07. The number of amides is 1. The molecule has 106 valence electrons. The lowest BCUT2D eigenvalue weighted by molar-refractivity contribution is -0.122. The normalized spacial score (nSPS) is 35.7. The number of hydrogen-bond acceptors (Lipinski definition) is 2. The Hall–Kier alpha value is -1.18. The van der Waals surface area contributed by atoms with Crippen molar-refractivity contribution in [2.45, 2.75) is 63.3 Å². The summed E-state index contributed by atoms with van der Waals surface area (Å²) in [5.74, 6) is -2.96. The number of rotatable bonds is 4. The predicted octanol–water partition coefficient (Wildman–Crippen LogP) is 3.01. The fourth-order valence-electron chi connectivity index (χ4n) is 3.53. The van der Waals surface area contributed by atoms with Crippen LogP contribution >= 0.6 is 0 Å². The summed E-state index contributed by atoms with van der Waals surface area (Å²) in [6.45, 7) is 2.00. The highest BCUT2D eigenvalue weighted by Crippen LogP contribution is 2.54. The minimum atomic E-state index is -2.58. The Balaban J connectivity index is 1.96. The van der Waals surface area contributed by atoms with Crippen LogP contribution in [0.2, 0.25) is 0 Å². The van der Waals surface area contributed by atoms with Crippen molar-refractivity contribution in [3.8, 4) is 6.07 Å². The molecule has 0 aliphatic heterocycles. The van der Waals surface area contributed by atoms with Gasteiger partial charge < -0.3 is 5.32 Å². The van der Waals surface area contributed by atoms with Gasteiger partial charge in [-0.1, -0.05) is 13.3 Å². The SMILES string of the molecule is CCCCC(=O)NC1(C#N)CC2CC(F)(F)CC2C1. The van der Waals surface area contributed by atoms with Crippen LogP contribution in [0.4, 0.5) is 8.78 Å². The molecule has 2 aliphatic carbocycles. The lowest BCUT2D eigenvalue weighted by atomic mass is 9.94. The van der Waals surface area contributed by atoms with E-state index in [1.165, 1.54) is 0 Å². The van der Waals surface area contributed by atoms with Crippen molar-refractivity contribution in [3.05, 3.63) is 0 Å². The number of nitriles is 1. The van der Waals surface area contributed by atoms with E-state index in [-0.39, 0.29) is 30.6 Å². The second-order valence-electron chi connectivity index (χ2n) is 6.04. The molecule has 0 saturated heterocycles. The van der Waals surface area contributed by atoms with Crippen LogP contribution in [-0.4, -0.2) is 17.4 Å². The summed E-state index contributed by atoms with van der Waals surface area (Å²) in [7, 11) is 0. The quantitative estimate of drug-likeness (QED) is 0.853. The molecule has 2 rings (SSSR count). The molecule has 2 saturated carbocycles. The molecule has 2 aliphatic rings. The van der Waals surface area contributed by atoms with E-state index in [2.05, 4.69) is 11.4 Å². The number of alkyl halides is 2. The minimum absolute atomic E-state index is 0.124. The average molecular weight is 270 g/mol. The Bertz CT molecular complexity index is 387. The van der Waals surface area contributed by atoms with Crippen molar-refractivity contribution < 1.29 is 13.6 Å². The smallest absolute Gasteiger partial charge is 0.248 e. The molecule has 2 unspecified atom stereocenters. The summed E-state index contributed by atoms with van der Waals surface area (Å²) in [4.78, 5) is 11.8. The van der Waals surface area contributed by atoms with E-state index >= 15 is 0 Å². The van der Waals surface area contributed by atoms with E-state index in [0.717, 1.165) is 12.8 Å². The molecule has 2 fully saturated rings. The van der Waals surface area contributed by atoms with Crippen molar-refractivity contribution in [3.63, 3.8) is 0 Å². The molecule has 1 N–H and O–H groups in total. The number of fused-ring (bicyclic) bond motifs is 1. The molecule has 0 heterocycles. The average Bonchev–Trinajstić information content (AvgIpc) is 2.76. The molecule has 0 bridgehead atoms. The summed E-state index contributed by atoms with van der Waals surface area (Å²) in [6.07, 6.45) is 2.61. The molecule has 1 amide bonds. The van der Waals surface area contributed by atoms with Crippen molar-refractivity contribution >= 4 is 5.91 Å². The first-order valence-corrected chi connectivity index (χ1v) is 7.00. The summed E-state index contributed by atoms with van der Waals surface area (Å²) >= 11 is 0. The van der Waals surface area contributed by atoms with E-state index in [9.17, 15) is 18.8 Å². The summed E-state index contributed by atoms with van der Waals surface area (Å²) in [5, 5.41) is 12.1. The van der Waals surface area contributed by atoms with Gasteiger partial charge in [0.15, 0.2) is 0 Å². The fourth-order valence-corrected chi connectivity index (χ4v) is 3.53. The van der Waals surface area contributed by atoms with Gasteiger partial charge in [0.1, 0.15) is 5.54 Å². The maximum absolute atomic E-state index is 13.3. The maximum Gasteiger partial charge on any atom is 0.248 e. The Morgan fingerprint density at radius 3 is 2.37 bits per heavy atom. The molecule has 0 aromatic rings. The van der Waals surface area contributed by atoms with Crippen LogP contribution in [0.25, 0.3) is 0 Å². The van der Waals surface area contributed by atoms with E-state index < -0.39 is 11.5 Å². The Labute approximate surface area is 112 Å². The zero-order valence-corrected chi connectivity index (χ0v) is 11.2. The van der Waals surface area contributed by atoms with Crippen LogP contribution in [0.15, 0.2) is 0 Å². The third-order valence-corrected chi connectivity index (χ3v) is 4.36. The molecule has 19 heavy (non-hydrogen) atoms. The van der Waals surface area contributed by atoms with Crippen LogP contribution in [0.5, 0.6) is 0 Å². The zero-order valence-electron chi connectivity index (χ0n) is 11.2. The molecule has 3 nitrogen and oxygen atoms in total. The van der Waals surface area contributed by atoms with Crippen LogP contribution in [0.3, 0.4) is 0 Å². The van der Waals surface area contributed by atoms with Crippen molar-refractivity contribution in [1.82, 2.24) is 5.32 Å². The van der Waals surface area contributed by atoms with Gasteiger partial charge in [-0.2, -0.15) is 5.26 Å². The van der Waals surface area contributed by atoms with Gasteiger partial charge in [-0.25, -0.2) is 8.78 Å². The maximum atomic E-state index is 13.3. The number of carbonyl (C=O) groups excluding carboxylic acids is 1. The summed E-state index contributed by atoms with van der Waals surface area (Å²) in [5.41, 5.74) is -0.906. The highest BCUT2D eigenvalue weighted by atomic mass is 19.3. The van der Waals surface area contributed by atoms with Gasteiger partial charge in [-0.15, -0.1) is 0 Å². The summed E-state index contributed by atoms with van der Waals surface area (Å²) < 4.78 is 26.6. The Morgan fingerprint density at radius 1 is 1.32 bits per heavy atom. The lowest BCUT2D eigenvalue weighted by Crippen LogP contribution is -2.46. The van der Waals surface area contributed by atoms with Gasteiger partial charge in [0, 0.05) is 19.3 Å². The molecular formula is C14H20F2N2O. The van der Waals surface area contributed by atoms with E-state index in [0.29, 0.717) is 19.3 Å². The Morgan fingerprint density at radius 2 is 1.89 bits per heavy atom. The third kappa shape index (κ3) is 3.05.